The summed E-state index contributed by atoms with van der Waals surface area (Å²) in [5.41, 5.74) is 9.96. The number of amides is 1. The average molecular weight is 253 g/mol. The summed E-state index contributed by atoms with van der Waals surface area (Å²) >= 11 is 0. The van der Waals surface area contributed by atoms with E-state index in [2.05, 4.69) is 0 Å². The first-order valence-corrected chi connectivity index (χ1v) is 4.87. The molecule has 0 radical (unpaired) electrons. The fourth-order valence-electron chi connectivity index (χ4n) is 1.12. The van der Waals surface area contributed by atoms with Crippen LogP contribution in [0.15, 0.2) is 18.2 Å². The molecule has 8 heteroatoms. The topological polar surface area (TPSA) is 139 Å². The maximum absolute atomic E-state index is 11.6. The van der Waals surface area contributed by atoms with Crippen molar-refractivity contribution in [3.05, 3.63) is 33.9 Å². The number of carbonyl (C=O) groups is 2. The third-order valence-electron chi connectivity index (χ3n) is 2.15. The second-order valence-electron chi connectivity index (χ2n) is 3.48. The number of rotatable bonds is 4. The van der Waals surface area contributed by atoms with Crippen molar-refractivity contribution in [3.63, 3.8) is 0 Å². The number of nitro groups is 1. The van der Waals surface area contributed by atoms with Crippen LogP contribution in [0.1, 0.15) is 17.3 Å². The number of carbonyl (C=O) groups excluding carboxylic acids is 2. The molecule has 0 aliphatic carbocycles. The summed E-state index contributed by atoms with van der Waals surface area (Å²) in [5.74, 6) is -1.77. The Kier molecular flexibility index (Phi) is 3.82. The van der Waals surface area contributed by atoms with Gasteiger partial charge in [-0.3, -0.25) is 14.9 Å². The Morgan fingerprint density at radius 3 is 2.56 bits per heavy atom. The fourth-order valence-corrected chi connectivity index (χ4v) is 1.12. The van der Waals surface area contributed by atoms with Crippen LogP contribution in [-0.2, 0) is 9.53 Å². The summed E-state index contributed by atoms with van der Waals surface area (Å²) in [6, 6.07) is 3.35. The molecule has 1 aromatic rings. The van der Waals surface area contributed by atoms with Crippen molar-refractivity contribution in [1.82, 2.24) is 0 Å². The van der Waals surface area contributed by atoms with Crippen LogP contribution in [0.5, 0.6) is 0 Å². The molecule has 0 spiro atoms. The fraction of sp³-hybridized carbons (Fsp3) is 0.200. The number of ether oxygens (including phenoxy) is 1. The van der Waals surface area contributed by atoms with E-state index in [1.807, 2.05) is 0 Å². The van der Waals surface area contributed by atoms with Crippen molar-refractivity contribution in [2.45, 2.75) is 13.0 Å². The van der Waals surface area contributed by atoms with Gasteiger partial charge in [0.1, 0.15) is 0 Å². The Morgan fingerprint density at radius 2 is 2.06 bits per heavy atom. The Balaban J connectivity index is 3.01. The second-order valence-corrected chi connectivity index (χ2v) is 3.48. The number of nitrogen functional groups attached to an aromatic ring is 1. The van der Waals surface area contributed by atoms with Crippen molar-refractivity contribution in [2.75, 3.05) is 5.73 Å². The standard InChI is InChI=1S/C10H11N3O5/c1-5(9(12)14)18-10(15)7-4-6(13(16)17)2-3-8(7)11/h2-5H,11H2,1H3,(H2,12,14)/t5-/m1/s1. The van der Waals surface area contributed by atoms with E-state index in [4.69, 9.17) is 16.2 Å². The molecular weight excluding hydrogens is 242 g/mol. The number of primary amides is 1. The highest BCUT2D eigenvalue weighted by atomic mass is 16.6. The molecule has 1 amide bonds. The highest BCUT2D eigenvalue weighted by Crippen LogP contribution is 2.20. The zero-order valence-corrected chi connectivity index (χ0v) is 9.45. The van der Waals surface area contributed by atoms with E-state index in [0.29, 0.717) is 0 Å². The van der Waals surface area contributed by atoms with Crippen molar-refractivity contribution in [1.29, 1.82) is 0 Å². The number of nitrogens with two attached hydrogens (primary N) is 2. The highest BCUT2D eigenvalue weighted by Gasteiger charge is 2.20. The minimum Gasteiger partial charge on any atom is -0.449 e. The zero-order valence-electron chi connectivity index (χ0n) is 9.45. The third kappa shape index (κ3) is 2.94. The lowest BCUT2D eigenvalue weighted by atomic mass is 10.1. The Bertz CT molecular complexity index is 514. The molecule has 1 aromatic carbocycles. The number of hydrogen-bond donors (Lipinski definition) is 2. The van der Waals surface area contributed by atoms with Gasteiger partial charge in [0.05, 0.1) is 10.5 Å². The largest absolute Gasteiger partial charge is 0.449 e. The quantitative estimate of drug-likeness (QED) is 0.340. The van der Waals surface area contributed by atoms with E-state index in [9.17, 15) is 19.7 Å². The molecular formula is C10H11N3O5. The summed E-state index contributed by atoms with van der Waals surface area (Å²) in [7, 11) is 0. The molecule has 0 saturated carbocycles. The van der Waals surface area contributed by atoms with Crippen LogP contribution in [0.4, 0.5) is 11.4 Å². The number of esters is 1. The van der Waals surface area contributed by atoms with Crippen LogP contribution in [0.2, 0.25) is 0 Å². The van der Waals surface area contributed by atoms with Gasteiger partial charge in [0.2, 0.25) is 0 Å². The summed E-state index contributed by atoms with van der Waals surface area (Å²) < 4.78 is 4.70. The van der Waals surface area contributed by atoms with Gasteiger partial charge in [0.25, 0.3) is 11.6 Å². The van der Waals surface area contributed by atoms with Crippen LogP contribution in [0, 0.1) is 10.1 Å². The molecule has 1 atom stereocenters. The van der Waals surface area contributed by atoms with E-state index in [1.54, 1.807) is 0 Å². The number of nitro benzene ring substituents is 1. The van der Waals surface area contributed by atoms with Gasteiger partial charge in [0.15, 0.2) is 6.10 Å². The summed E-state index contributed by atoms with van der Waals surface area (Å²) in [6.07, 6.45) is -1.14. The first kappa shape index (κ1) is 13.4. The Labute approximate surface area is 102 Å². The normalized spacial score (nSPS) is 11.6. The maximum Gasteiger partial charge on any atom is 0.341 e. The smallest absolute Gasteiger partial charge is 0.341 e. The molecule has 96 valence electrons. The van der Waals surface area contributed by atoms with Crippen LogP contribution >= 0.6 is 0 Å². The number of anilines is 1. The number of hydrogen-bond acceptors (Lipinski definition) is 6. The van der Waals surface area contributed by atoms with Gasteiger partial charge in [-0.2, -0.15) is 0 Å². The van der Waals surface area contributed by atoms with Crippen molar-refractivity contribution in [2.24, 2.45) is 5.73 Å². The van der Waals surface area contributed by atoms with Gasteiger partial charge in [-0.1, -0.05) is 0 Å². The molecule has 0 aliphatic rings. The molecule has 0 fully saturated rings. The monoisotopic (exact) mass is 253 g/mol. The van der Waals surface area contributed by atoms with E-state index < -0.39 is 22.9 Å². The molecule has 4 N–H and O–H groups in total. The van der Waals surface area contributed by atoms with E-state index in [-0.39, 0.29) is 16.9 Å². The van der Waals surface area contributed by atoms with Crippen LogP contribution < -0.4 is 11.5 Å². The first-order valence-electron chi connectivity index (χ1n) is 4.87. The van der Waals surface area contributed by atoms with E-state index >= 15 is 0 Å². The molecule has 0 heterocycles. The molecule has 0 unspecified atom stereocenters. The van der Waals surface area contributed by atoms with Crippen molar-refractivity contribution >= 4 is 23.3 Å². The van der Waals surface area contributed by atoms with Gasteiger partial charge in [-0.25, -0.2) is 4.79 Å². The van der Waals surface area contributed by atoms with E-state index in [1.165, 1.54) is 13.0 Å². The third-order valence-corrected chi connectivity index (χ3v) is 2.15. The van der Waals surface area contributed by atoms with Gasteiger partial charge in [0, 0.05) is 17.8 Å². The van der Waals surface area contributed by atoms with Gasteiger partial charge in [-0.05, 0) is 13.0 Å². The van der Waals surface area contributed by atoms with Crippen LogP contribution in [0.3, 0.4) is 0 Å². The van der Waals surface area contributed by atoms with E-state index in [0.717, 1.165) is 12.1 Å². The molecule has 18 heavy (non-hydrogen) atoms. The second kappa shape index (κ2) is 5.13. The Hall–Kier alpha value is -2.64. The number of non-ortho nitro benzene ring substituents is 1. The first-order chi connectivity index (χ1) is 8.32. The summed E-state index contributed by atoms with van der Waals surface area (Å²) in [5, 5.41) is 10.6. The molecule has 1 rings (SSSR count). The predicted molar refractivity (Wildman–Crippen MR) is 61.6 cm³/mol. The number of benzene rings is 1. The van der Waals surface area contributed by atoms with Crippen LogP contribution in [0.25, 0.3) is 0 Å². The maximum atomic E-state index is 11.6. The Morgan fingerprint density at radius 1 is 1.44 bits per heavy atom. The molecule has 8 nitrogen and oxygen atoms in total. The van der Waals surface area contributed by atoms with Gasteiger partial charge < -0.3 is 16.2 Å². The summed E-state index contributed by atoms with van der Waals surface area (Å²) in [6.45, 7) is 1.29. The lowest BCUT2D eigenvalue weighted by Crippen LogP contribution is -2.30. The van der Waals surface area contributed by atoms with Gasteiger partial charge >= 0.3 is 5.97 Å². The minimum atomic E-state index is -1.14. The lowest BCUT2D eigenvalue weighted by Gasteiger charge is -2.10. The van der Waals surface area contributed by atoms with Gasteiger partial charge in [-0.15, -0.1) is 0 Å². The van der Waals surface area contributed by atoms with Crippen LogP contribution in [-0.4, -0.2) is 22.9 Å². The summed E-state index contributed by atoms with van der Waals surface area (Å²) in [4.78, 5) is 32.2. The average Bonchev–Trinajstić information content (AvgIpc) is 2.28. The lowest BCUT2D eigenvalue weighted by molar-refractivity contribution is -0.384. The molecule has 0 saturated heterocycles. The molecule has 0 aliphatic heterocycles. The SMILES string of the molecule is C[C@@H](OC(=O)c1cc([N+](=O)[O-])ccc1N)C(N)=O. The van der Waals surface area contributed by atoms with Crippen molar-refractivity contribution in [3.8, 4) is 0 Å². The zero-order chi connectivity index (χ0) is 13.9. The molecule has 0 bridgehead atoms. The minimum absolute atomic E-state index is 0.0160. The highest BCUT2D eigenvalue weighted by molar-refractivity contribution is 5.97. The predicted octanol–water partition coefficient (Wildman–Crippen LogP) is 0.208. The van der Waals surface area contributed by atoms with Crippen molar-refractivity contribution < 1.29 is 19.2 Å². The number of nitrogens with zero attached hydrogens (tertiary/aromatic N) is 1. The molecule has 0 aromatic heterocycles.